The smallest absolute Gasteiger partial charge is 0.405 e. The zero-order valence-corrected chi connectivity index (χ0v) is 19.7. The number of aromatic nitrogens is 2. The number of imidazole rings is 1. The van der Waals surface area contributed by atoms with E-state index in [1.807, 2.05) is 18.2 Å². The number of carbonyl (C=O) groups is 1. The lowest BCUT2D eigenvalue weighted by Gasteiger charge is -2.41. The van der Waals surface area contributed by atoms with Gasteiger partial charge in [0.2, 0.25) is 0 Å². The fourth-order valence-corrected chi connectivity index (χ4v) is 11.8. The Morgan fingerprint density at radius 3 is 1.93 bits per heavy atom. The second-order valence-electron chi connectivity index (χ2n) is 7.42. The maximum absolute atomic E-state index is 12.6. The predicted octanol–water partition coefficient (Wildman–Crippen LogP) is 6.38. The first-order chi connectivity index (χ1) is 12.9. The zero-order valence-electron chi connectivity index (χ0n) is 17.7. The van der Waals surface area contributed by atoms with Crippen LogP contribution in [0.5, 0.6) is 0 Å². The summed E-state index contributed by atoms with van der Waals surface area (Å²) in [6.07, 6.45) is -0.838. The van der Waals surface area contributed by atoms with Gasteiger partial charge in [-0.25, -0.2) is 9.78 Å². The molecule has 0 bridgehead atoms. The number of benzene rings is 1. The van der Waals surface area contributed by atoms with Gasteiger partial charge in [0.05, 0.1) is 11.0 Å². The van der Waals surface area contributed by atoms with Crippen molar-refractivity contribution in [2.24, 2.45) is 0 Å². The van der Waals surface area contributed by atoms with Crippen molar-refractivity contribution >= 4 is 39.5 Å². The van der Waals surface area contributed by atoms with Crippen LogP contribution >= 0.6 is 0 Å². The molecular weight excluding hydrogens is 370 g/mol. The summed E-state index contributed by atoms with van der Waals surface area (Å²) >= 11 is 0. The van der Waals surface area contributed by atoms with Crippen LogP contribution in [-0.2, 0) is 0 Å². The molecule has 0 fully saturated rings. The maximum atomic E-state index is 12.6. The summed E-state index contributed by atoms with van der Waals surface area (Å²) in [4.78, 5) is 17.5. The Morgan fingerprint density at radius 2 is 1.48 bits per heavy atom. The summed E-state index contributed by atoms with van der Waals surface area (Å²) in [5.41, 5.74) is 2.01. The van der Waals surface area contributed by atoms with Crippen molar-refractivity contribution in [2.75, 3.05) is 4.57 Å². The number of carboxylic acid groups (broad SMARTS) is 1. The Labute approximate surface area is 165 Å². The van der Waals surface area contributed by atoms with Crippen LogP contribution in [0.25, 0.3) is 11.0 Å². The molecule has 0 saturated heterocycles. The zero-order chi connectivity index (χ0) is 20.2. The van der Waals surface area contributed by atoms with Gasteiger partial charge in [-0.05, 0) is 48.4 Å². The summed E-state index contributed by atoms with van der Waals surface area (Å²) in [6, 6.07) is 14.1. The van der Waals surface area contributed by atoms with Crippen LogP contribution in [0.4, 0.5) is 10.7 Å². The van der Waals surface area contributed by atoms with Crippen molar-refractivity contribution in [3.63, 3.8) is 0 Å². The lowest BCUT2D eigenvalue weighted by Crippen LogP contribution is -2.57. The van der Waals surface area contributed by atoms with Crippen molar-refractivity contribution in [1.29, 1.82) is 0 Å². The number of para-hydroxylation sites is 2. The highest BCUT2D eigenvalue weighted by molar-refractivity contribution is 6.86. The van der Waals surface area contributed by atoms with Crippen LogP contribution in [0.15, 0.2) is 24.3 Å². The molecule has 7 heteroatoms. The molecule has 1 aromatic carbocycles. The van der Waals surface area contributed by atoms with E-state index in [1.54, 1.807) is 4.57 Å². The average Bonchev–Trinajstić information content (AvgIpc) is 3.07. The van der Waals surface area contributed by atoms with Crippen molar-refractivity contribution in [3.8, 4) is 0 Å². The molecule has 2 aromatic rings. The second kappa shape index (κ2) is 8.60. The first kappa shape index (κ1) is 21.7. The van der Waals surface area contributed by atoms with Gasteiger partial charge in [0, 0.05) is 0 Å². The van der Waals surface area contributed by atoms with Gasteiger partial charge >= 0.3 is 6.09 Å². The van der Waals surface area contributed by atoms with E-state index in [4.69, 9.17) is 4.98 Å². The van der Waals surface area contributed by atoms with E-state index in [0.29, 0.717) is 5.95 Å². The van der Waals surface area contributed by atoms with Gasteiger partial charge < -0.3 is 9.34 Å². The summed E-state index contributed by atoms with van der Waals surface area (Å²) in [5, 5.41) is 10.3. The molecule has 2 rings (SSSR count). The van der Waals surface area contributed by atoms with Crippen LogP contribution in [-0.4, -0.2) is 36.9 Å². The fourth-order valence-electron chi connectivity index (χ4n) is 4.58. The Bertz CT molecular complexity index is 766. The molecule has 27 heavy (non-hydrogen) atoms. The van der Waals surface area contributed by atoms with E-state index >= 15 is 0 Å². The van der Waals surface area contributed by atoms with E-state index in [-0.39, 0.29) is 0 Å². The summed E-state index contributed by atoms with van der Waals surface area (Å²) < 4.78 is 4.12. The van der Waals surface area contributed by atoms with Crippen molar-refractivity contribution in [1.82, 2.24) is 9.22 Å². The van der Waals surface area contributed by atoms with E-state index in [9.17, 15) is 9.90 Å². The standard InChI is InChI=1S/C20H35N3O2Si2/c1-7-26(8-2,9-3)22-18-16-14-13-15-17(18)21-19(22)23(20(24)25)27(10-4,11-5)12-6/h13-16H,7-12H2,1-6H3,(H,24,25). The van der Waals surface area contributed by atoms with Gasteiger partial charge in [-0.1, -0.05) is 53.7 Å². The largest absolute Gasteiger partial charge is 0.465 e. The minimum atomic E-state index is -2.19. The molecule has 0 spiro atoms. The molecular formula is C20H35N3O2Si2. The van der Waals surface area contributed by atoms with E-state index in [1.165, 1.54) is 0 Å². The summed E-state index contributed by atoms with van der Waals surface area (Å²) in [5.74, 6) is 0.693. The van der Waals surface area contributed by atoms with Crippen LogP contribution in [0.2, 0.25) is 36.3 Å². The molecule has 0 aliphatic carbocycles. The summed E-state index contributed by atoms with van der Waals surface area (Å²) in [6.45, 7) is 13.2. The van der Waals surface area contributed by atoms with Gasteiger partial charge in [-0.3, -0.25) is 4.57 Å². The van der Waals surface area contributed by atoms with E-state index < -0.39 is 22.6 Å². The predicted molar refractivity (Wildman–Crippen MR) is 120 cm³/mol. The van der Waals surface area contributed by atoms with Crippen molar-refractivity contribution < 1.29 is 9.90 Å². The molecule has 0 aliphatic rings. The number of anilines is 1. The SMILES string of the molecule is CC[Si](CC)(CC)N(C(=O)O)c1nc2ccccc2n1[Si](CC)(CC)CC. The van der Waals surface area contributed by atoms with Crippen LogP contribution in [0.3, 0.4) is 0 Å². The lowest BCUT2D eigenvalue weighted by atomic mass is 10.3. The highest BCUT2D eigenvalue weighted by atomic mass is 28.3. The molecule has 0 unspecified atom stereocenters. The van der Waals surface area contributed by atoms with E-state index in [2.05, 4.69) is 51.8 Å². The number of nitrogens with zero attached hydrogens (tertiary/aromatic N) is 3. The third kappa shape index (κ3) is 3.47. The van der Waals surface area contributed by atoms with Gasteiger partial charge in [-0.2, -0.15) is 0 Å². The first-order valence-electron chi connectivity index (χ1n) is 10.4. The Kier molecular flexibility index (Phi) is 6.91. The highest BCUT2D eigenvalue weighted by Crippen LogP contribution is 2.37. The number of amides is 1. The average molecular weight is 406 g/mol. The number of rotatable bonds is 9. The van der Waals surface area contributed by atoms with Gasteiger partial charge in [0.1, 0.15) is 0 Å². The summed E-state index contributed by atoms with van der Waals surface area (Å²) in [7, 11) is -4.09. The monoisotopic (exact) mass is 405 g/mol. The number of hydrogen-bond donors (Lipinski definition) is 1. The van der Waals surface area contributed by atoms with Crippen LogP contribution in [0.1, 0.15) is 41.5 Å². The molecule has 1 amide bonds. The fraction of sp³-hybridized carbons (Fsp3) is 0.600. The second-order valence-corrected chi connectivity index (χ2v) is 17.5. The van der Waals surface area contributed by atoms with Gasteiger partial charge in [-0.15, -0.1) is 0 Å². The number of fused-ring (bicyclic) bond motifs is 1. The molecule has 0 aliphatic heterocycles. The molecule has 1 aromatic heterocycles. The highest BCUT2D eigenvalue weighted by Gasteiger charge is 2.44. The molecule has 0 radical (unpaired) electrons. The van der Waals surface area contributed by atoms with Crippen molar-refractivity contribution in [3.05, 3.63) is 24.3 Å². The Morgan fingerprint density at radius 1 is 0.963 bits per heavy atom. The topological polar surface area (TPSA) is 58.4 Å². The Hall–Kier alpha value is -1.61. The molecule has 1 heterocycles. The number of hydrogen-bond acceptors (Lipinski definition) is 2. The van der Waals surface area contributed by atoms with E-state index in [0.717, 1.165) is 47.3 Å². The molecule has 5 nitrogen and oxygen atoms in total. The Balaban J connectivity index is 2.91. The van der Waals surface area contributed by atoms with Gasteiger partial charge in [0.25, 0.3) is 0 Å². The minimum Gasteiger partial charge on any atom is -0.465 e. The van der Waals surface area contributed by atoms with Crippen molar-refractivity contribution in [2.45, 2.75) is 77.8 Å². The van der Waals surface area contributed by atoms with Gasteiger partial charge in [0.15, 0.2) is 22.4 Å². The lowest BCUT2D eigenvalue weighted by molar-refractivity contribution is 0.205. The van der Waals surface area contributed by atoms with Crippen LogP contribution < -0.4 is 4.57 Å². The molecule has 1 N–H and O–H groups in total. The third-order valence-corrected chi connectivity index (χ3v) is 17.5. The molecule has 150 valence electrons. The first-order valence-corrected chi connectivity index (χ1v) is 15.5. The third-order valence-electron chi connectivity index (χ3n) is 6.83. The molecule has 0 atom stereocenters. The van der Waals surface area contributed by atoms with Crippen LogP contribution in [0, 0.1) is 0 Å². The quantitative estimate of drug-likeness (QED) is 0.492. The minimum absolute atomic E-state index is 0.693. The normalized spacial score (nSPS) is 12.5. The molecule has 0 saturated carbocycles. The maximum Gasteiger partial charge on any atom is 0.405 e.